The molecule has 2 aromatic carbocycles. The first-order valence-corrected chi connectivity index (χ1v) is 15.4. The topological polar surface area (TPSA) is 65.1 Å². The van der Waals surface area contributed by atoms with Crippen molar-refractivity contribution in [1.29, 1.82) is 0 Å². The lowest BCUT2D eigenvalue weighted by Gasteiger charge is -2.43. The smallest absolute Gasteiger partial charge is 0.419 e. The van der Waals surface area contributed by atoms with Gasteiger partial charge in [0.1, 0.15) is 11.2 Å². The highest BCUT2D eigenvalue weighted by Crippen LogP contribution is 2.37. The Kier molecular flexibility index (Phi) is 10.4. The maximum absolute atomic E-state index is 12.9. The molecule has 0 unspecified atom stereocenters. The first-order valence-electron chi connectivity index (χ1n) is 13.4. The summed E-state index contributed by atoms with van der Waals surface area (Å²) in [5, 5.41) is 2.31. The van der Waals surface area contributed by atoms with Crippen LogP contribution in [-0.4, -0.2) is 49.8 Å². The summed E-state index contributed by atoms with van der Waals surface area (Å²) in [5.41, 5.74) is -1.46. The maximum atomic E-state index is 12.9. The van der Waals surface area contributed by atoms with Gasteiger partial charge in [0.25, 0.3) is 8.32 Å². The zero-order chi connectivity index (χ0) is 28.8. The average Bonchev–Trinajstić information content (AvgIpc) is 2.78. The van der Waals surface area contributed by atoms with Gasteiger partial charge in [-0.25, -0.2) is 14.5 Å². The van der Waals surface area contributed by atoms with Crippen LogP contribution in [0.3, 0.4) is 0 Å². The molecule has 0 aliphatic heterocycles. The van der Waals surface area contributed by atoms with E-state index in [9.17, 15) is 9.59 Å². The van der Waals surface area contributed by atoms with E-state index in [1.807, 2.05) is 19.1 Å². The lowest BCUT2D eigenvalue weighted by atomic mass is 10.1. The van der Waals surface area contributed by atoms with Crippen molar-refractivity contribution in [2.75, 3.05) is 13.2 Å². The first-order chi connectivity index (χ1) is 17.5. The Balaban J connectivity index is 2.27. The number of carbonyl (C=O) groups excluding carboxylic acids is 2. The van der Waals surface area contributed by atoms with Crippen LogP contribution >= 0.6 is 0 Å². The van der Waals surface area contributed by atoms with Gasteiger partial charge in [0.15, 0.2) is 0 Å². The third-order valence-electron chi connectivity index (χ3n) is 6.07. The van der Waals surface area contributed by atoms with Gasteiger partial charge in [-0.05, 0) is 69.3 Å². The van der Waals surface area contributed by atoms with Crippen LogP contribution in [0.2, 0.25) is 5.04 Å². The number of hydrogen-bond acceptors (Lipinski definition) is 5. The third-order valence-corrected chi connectivity index (χ3v) is 11.1. The molecule has 0 saturated heterocycles. The Morgan fingerprint density at radius 2 is 1.13 bits per heavy atom. The summed E-state index contributed by atoms with van der Waals surface area (Å²) in [6, 6.07) is 21.0. The van der Waals surface area contributed by atoms with E-state index in [1.165, 1.54) is 10.4 Å². The number of ether oxygens (including phenoxy) is 2. The first kappa shape index (κ1) is 31.6. The molecule has 2 rings (SSSR count). The van der Waals surface area contributed by atoms with E-state index in [1.54, 1.807) is 41.5 Å². The maximum Gasteiger partial charge on any atom is 0.419 e. The number of carbonyl (C=O) groups is 2. The molecular weight excluding hydrogens is 494 g/mol. The Labute approximate surface area is 230 Å². The second-order valence-corrected chi connectivity index (χ2v) is 17.3. The Morgan fingerprint density at radius 3 is 1.47 bits per heavy atom. The largest absolute Gasteiger partial charge is 0.443 e. The highest BCUT2D eigenvalue weighted by molar-refractivity contribution is 6.99. The predicted octanol–water partition coefficient (Wildman–Crippen LogP) is 6.76. The minimum Gasteiger partial charge on any atom is -0.443 e. The van der Waals surface area contributed by atoms with Crippen molar-refractivity contribution in [1.82, 2.24) is 4.90 Å². The van der Waals surface area contributed by atoms with Gasteiger partial charge in [-0.3, -0.25) is 0 Å². The molecule has 7 heteroatoms. The van der Waals surface area contributed by atoms with E-state index >= 15 is 0 Å². The van der Waals surface area contributed by atoms with Crippen LogP contribution in [0.1, 0.15) is 75.7 Å². The van der Waals surface area contributed by atoms with Gasteiger partial charge in [0, 0.05) is 13.2 Å². The molecule has 1 atom stereocenters. The van der Waals surface area contributed by atoms with E-state index in [0.29, 0.717) is 13.0 Å². The van der Waals surface area contributed by atoms with E-state index < -0.39 is 31.7 Å². The zero-order valence-corrected chi connectivity index (χ0v) is 26.0. The average molecular weight is 542 g/mol. The predicted molar refractivity (Wildman–Crippen MR) is 157 cm³/mol. The van der Waals surface area contributed by atoms with E-state index in [-0.39, 0.29) is 17.5 Å². The Bertz CT molecular complexity index is 968. The van der Waals surface area contributed by atoms with Crippen LogP contribution in [0, 0.1) is 5.92 Å². The van der Waals surface area contributed by atoms with Crippen molar-refractivity contribution in [3.05, 3.63) is 60.7 Å². The van der Waals surface area contributed by atoms with Gasteiger partial charge in [-0.15, -0.1) is 0 Å². The second-order valence-electron chi connectivity index (χ2n) is 13.0. The summed E-state index contributed by atoms with van der Waals surface area (Å²) in [5.74, 6) is -0.0340. The monoisotopic (exact) mass is 541 g/mol. The highest BCUT2D eigenvalue weighted by Gasteiger charge is 2.50. The normalized spacial score (nSPS) is 13.5. The van der Waals surface area contributed by atoms with Gasteiger partial charge in [-0.2, -0.15) is 0 Å². The molecule has 0 fully saturated rings. The standard InChI is InChI=1S/C31H47NO5Si/c1-24(23-32(27(33)36-29(2,3)4)28(34)37-30(5,6)7)21-22-35-38(31(8,9)10,25-17-13-11-14-18-25)26-19-15-12-16-20-26/h11-20,24H,21-23H2,1-10H3/t24-/m1/s1. The van der Waals surface area contributed by atoms with Crippen LogP contribution in [0.15, 0.2) is 60.7 Å². The minimum atomic E-state index is -2.66. The second kappa shape index (κ2) is 12.5. The number of hydrogen-bond donors (Lipinski definition) is 0. The molecule has 0 aliphatic rings. The molecule has 0 bridgehead atoms. The fourth-order valence-electron chi connectivity index (χ4n) is 4.44. The highest BCUT2D eigenvalue weighted by atomic mass is 28.4. The molecular formula is C31H47NO5Si. The fraction of sp³-hybridized carbons (Fsp3) is 0.548. The van der Waals surface area contributed by atoms with Crippen molar-refractivity contribution in [2.24, 2.45) is 5.92 Å². The molecule has 0 saturated carbocycles. The minimum absolute atomic E-state index is 0.0340. The van der Waals surface area contributed by atoms with Gasteiger partial charge in [0.05, 0.1) is 0 Å². The molecule has 210 valence electrons. The molecule has 0 spiro atoms. The molecule has 0 radical (unpaired) electrons. The van der Waals surface area contributed by atoms with Gasteiger partial charge in [-0.1, -0.05) is 88.4 Å². The number of amides is 2. The molecule has 0 aliphatic carbocycles. The zero-order valence-electron chi connectivity index (χ0n) is 25.0. The Morgan fingerprint density at radius 1 is 0.737 bits per heavy atom. The molecule has 0 N–H and O–H groups in total. The van der Waals surface area contributed by atoms with Crippen molar-refractivity contribution in [3.8, 4) is 0 Å². The number of rotatable bonds is 8. The Hall–Kier alpha value is -2.64. The fourth-order valence-corrected chi connectivity index (χ4v) is 9.01. The molecule has 38 heavy (non-hydrogen) atoms. The summed E-state index contributed by atoms with van der Waals surface area (Å²) in [6.07, 6.45) is -0.745. The molecule has 6 nitrogen and oxygen atoms in total. The third kappa shape index (κ3) is 8.70. The number of benzene rings is 2. The van der Waals surface area contributed by atoms with Gasteiger partial charge < -0.3 is 13.9 Å². The molecule has 2 aromatic rings. The lowest BCUT2D eigenvalue weighted by Crippen LogP contribution is -2.66. The van der Waals surface area contributed by atoms with Gasteiger partial charge >= 0.3 is 12.2 Å². The summed E-state index contributed by atoms with van der Waals surface area (Å²) < 4.78 is 18.0. The SMILES string of the molecule is C[C@H](CCO[Si](c1ccccc1)(c1ccccc1)C(C)(C)C)CN(C(=O)OC(C)(C)C)C(=O)OC(C)(C)C. The quantitative estimate of drug-likeness (QED) is 0.346. The van der Waals surface area contributed by atoms with Crippen molar-refractivity contribution in [3.63, 3.8) is 0 Å². The summed E-state index contributed by atoms with van der Waals surface area (Å²) in [6.45, 7) is 20.1. The van der Waals surface area contributed by atoms with Crippen molar-refractivity contribution < 1.29 is 23.5 Å². The van der Waals surface area contributed by atoms with Crippen molar-refractivity contribution in [2.45, 2.75) is 91.9 Å². The molecule has 0 heterocycles. The molecule has 0 aromatic heterocycles. The van der Waals surface area contributed by atoms with Crippen LogP contribution in [0.4, 0.5) is 9.59 Å². The summed E-state index contributed by atoms with van der Waals surface area (Å²) in [4.78, 5) is 26.9. The number of imide groups is 1. The van der Waals surface area contributed by atoms with Crippen LogP contribution in [-0.2, 0) is 13.9 Å². The van der Waals surface area contributed by atoms with Crippen LogP contribution in [0.25, 0.3) is 0 Å². The van der Waals surface area contributed by atoms with E-state index in [0.717, 1.165) is 4.90 Å². The molecule has 2 amide bonds. The number of nitrogens with zero attached hydrogens (tertiary/aromatic N) is 1. The van der Waals surface area contributed by atoms with Crippen molar-refractivity contribution >= 4 is 30.9 Å². The van der Waals surface area contributed by atoms with E-state index in [4.69, 9.17) is 13.9 Å². The van der Waals surface area contributed by atoms with Gasteiger partial charge in [0.2, 0.25) is 0 Å². The van der Waals surface area contributed by atoms with Crippen LogP contribution in [0.5, 0.6) is 0 Å². The van der Waals surface area contributed by atoms with E-state index in [2.05, 4.69) is 69.3 Å². The summed E-state index contributed by atoms with van der Waals surface area (Å²) in [7, 11) is -2.66. The lowest BCUT2D eigenvalue weighted by molar-refractivity contribution is -0.00157. The summed E-state index contributed by atoms with van der Waals surface area (Å²) >= 11 is 0. The van der Waals surface area contributed by atoms with Crippen LogP contribution < -0.4 is 10.4 Å².